The van der Waals surface area contributed by atoms with Gasteiger partial charge in [0, 0.05) is 38.2 Å². The van der Waals surface area contributed by atoms with Crippen LogP contribution in [0.4, 0.5) is 13.2 Å². The molecule has 0 saturated carbocycles. The molecule has 2 fully saturated rings. The van der Waals surface area contributed by atoms with Crippen LogP contribution in [0.1, 0.15) is 31.7 Å². The lowest BCUT2D eigenvalue weighted by molar-refractivity contribution is -0.143. The minimum atomic E-state index is -4.44. The fourth-order valence-corrected chi connectivity index (χ4v) is 3.22. The number of nitrogens with one attached hydrogen (secondary N) is 1. The molecule has 1 aromatic heterocycles. The minimum Gasteiger partial charge on any atom is -0.472 e. The maximum Gasteiger partial charge on any atom is 0.417 e. The molecule has 2 aliphatic heterocycles. The second kappa shape index (κ2) is 6.77. The van der Waals surface area contributed by atoms with Gasteiger partial charge in [0.2, 0.25) is 17.7 Å². The number of hydrogen-bond donors (Lipinski definition) is 1. The van der Waals surface area contributed by atoms with Crippen LogP contribution in [0.25, 0.3) is 0 Å². The normalized spacial score (nSPS) is 26.5. The molecule has 0 spiro atoms. The van der Waals surface area contributed by atoms with E-state index >= 15 is 0 Å². The molecule has 2 aliphatic rings. The van der Waals surface area contributed by atoms with Gasteiger partial charge in [0.15, 0.2) is 0 Å². The number of halogens is 3. The number of piperidine rings is 1. The highest BCUT2D eigenvalue weighted by atomic mass is 19.4. The van der Waals surface area contributed by atoms with Crippen LogP contribution in [-0.4, -0.2) is 47.4 Å². The summed E-state index contributed by atoms with van der Waals surface area (Å²) in [6.07, 6.45) is -2.61. The van der Waals surface area contributed by atoms with Crippen molar-refractivity contribution in [2.45, 2.75) is 38.5 Å². The Balaban J connectivity index is 1.57. The van der Waals surface area contributed by atoms with Crippen molar-refractivity contribution in [1.29, 1.82) is 0 Å². The largest absolute Gasteiger partial charge is 0.472 e. The Hall–Kier alpha value is -2.32. The van der Waals surface area contributed by atoms with Gasteiger partial charge in [0.1, 0.15) is 6.10 Å². The van der Waals surface area contributed by atoms with E-state index in [0.717, 1.165) is 12.3 Å². The number of amides is 2. The first-order chi connectivity index (χ1) is 12.2. The number of likely N-dealkylation sites (tertiary alicyclic amines) is 1. The molecule has 9 heteroatoms. The lowest BCUT2D eigenvalue weighted by atomic mass is 9.81. The molecule has 2 atom stereocenters. The number of rotatable bonds is 3. The third kappa shape index (κ3) is 3.91. The van der Waals surface area contributed by atoms with Crippen LogP contribution in [0.2, 0.25) is 0 Å². The van der Waals surface area contributed by atoms with Gasteiger partial charge in [-0.2, -0.15) is 13.2 Å². The summed E-state index contributed by atoms with van der Waals surface area (Å²) in [5.74, 6) is 0.0173. The van der Waals surface area contributed by atoms with E-state index in [0.29, 0.717) is 38.9 Å². The number of nitrogens with zero attached hydrogens (tertiary/aromatic N) is 2. The zero-order valence-electron chi connectivity index (χ0n) is 14.3. The van der Waals surface area contributed by atoms with Crippen molar-refractivity contribution < 1.29 is 27.5 Å². The summed E-state index contributed by atoms with van der Waals surface area (Å²) in [6, 6.07) is 2.11. The van der Waals surface area contributed by atoms with Crippen molar-refractivity contribution in [1.82, 2.24) is 15.2 Å². The highest BCUT2D eigenvalue weighted by Crippen LogP contribution is 2.31. The Kier molecular flexibility index (Phi) is 4.81. The van der Waals surface area contributed by atoms with E-state index in [1.54, 1.807) is 4.90 Å². The van der Waals surface area contributed by atoms with E-state index in [1.807, 2.05) is 6.92 Å². The quantitative estimate of drug-likeness (QED) is 0.882. The number of aromatic nitrogens is 1. The molecule has 2 saturated heterocycles. The summed E-state index contributed by atoms with van der Waals surface area (Å²) in [5, 5.41) is 2.73. The van der Waals surface area contributed by atoms with E-state index in [2.05, 4.69) is 10.3 Å². The molecule has 26 heavy (non-hydrogen) atoms. The van der Waals surface area contributed by atoms with Crippen LogP contribution in [0, 0.1) is 5.41 Å². The van der Waals surface area contributed by atoms with E-state index < -0.39 is 17.2 Å². The second-order valence-corrected chi connectivity index (χ2v) is 7.00. The Morgan fingerprint density at radius 2 is 2.19 bits per heavy atom. The molecule has 0 radical (unpaired) electrons. The standard InChI is InChI=1S/C17H20F3N3O3/c1-16(6-4-13(24)22-10-16)15(25)23-7-5-12(9-23)26-14-3-2-11(8-21-14)17(18,19)20/h2-3,8,12H,4-7,9-10H2,1H3,(H,22,24). The lowest BCUT2D eigenvalue weighted by Crippen LogP contribution is -2.51. The average Bonchev–Trinajstić information content (AvgIpc) is 3.05. The summed E-state index contributed by atoms with van der Waals surface area (Å²) in [6.45, 7) is 3.01. The van der Waals surface area contributed by atoms with Gasteiger partial charge in [-0.05, 0) is 19.4 Å². The van der Waals surface area contributed by atoms with Gasteiger partial charge in [-0.15, -0.1) is 0 Å². The van der Waals surface area contributed by atoms with Crippen molar-refractivity contribution in [3.05, 3.63) is 23.9 Å². The molecule has 0 bridgehead atoms. The topological polar surface area (TPSA) is 71.5 Å². The van der Waals surface area contributed by atoms with Gasteiger partial charge < -0.3 is 15.0 Å². The molecule has 1 N–H and O–H groups in total. The molecule has 3 rings (SSSR count). The number of pyridine rings is 1. The van der Waals surface area contributed by atoms with E-state index in [1.165, 1.54) is 6.07 Å². The molecule has 6 nitrogen and oxygen atoms in total. The fraction of sp³-hybridized carbons (Fsp3) is 0.588. The van der Waals surface area contributed by atoms with Crippen molar-refractivity contribution in [2.24, 2.45) is 5.41 Å². The van der Waals surface area contributed by atoms with Crippen LogP contribution in [-0.2, 0) is 15.8 Å². The maximum atomic E-state index is 12.8. The third-order valence-electron chi connectivity index (χ3n) is 4.88. The maximum absolute atomic E-state index is 12.8. The van der Waals surface area contributed by atoms with Crippen LogP contribution >= 0.6 is 0 Å². The monoisotopic (exact) mass is 371 g/mol. The first kappa shape index (κ1) is 18.5. The number of ether oxygens (including phenoxy) is 1. The Bertz CT molecular complexity index is 681. The molecule has 2 unspecified atom stereocenters. The van der Waals surface area contributed by atoms with Crippen molar-refractivity contribution in [2.75, 3.05) is 19.6 Å². The zero-order valence-corrected chi connectivity index (χ0v) is 14.3. The van der Waals surface area contributed by atoms with Crippen LogP contribution in [0.15, 0.2) is 18.3 Å². The first-order valence-corrected chi connectivity index (χ1v) is 8.43. The summed E-state index contributed by atoms with van der Waals surface area (Å²) in [7, 11) is 0. The number of carbonyl (C=O) groups excluding carboxylic acids is 2. The zero-order chi connectivity index (χ0) is 18.9. The Morgan fingerprint density at radius 1 is 1.42 bits per heavy atom. The van der Waals surface area contributed by atoms with E-state index in [4.69, 9.17) is 4.74 Å². The minimum absolute atomic E-state index is 0.0380. The highest BCUT2D eigenvalue weighted by molar-refractivity contribution is 5.86. The van der Waals surface area contributed by atoms with Crippen molar-refractivity contribution >= 4 is 11.8 Å². The number of hydrogen-bond acceptors (Lipinski definition) is 4. The summed E-state index contributed by atoms with van der Waals surface area (Å²) < 4.78 is 43.3. The molecule has 0 aliphatic carbocycles. The predicted molar refractivity (Wildman–Crippen MR) is 85.2 cm³/mol. The fourth-order valence-electron chi connectivity index (χ4n) is 3.22. The van der Waals surface area contributed by atoms with Crippen molar-refractivity contribution in [3.63, 3.8) is 0 Å². The number of alkyl halides is 3. The molecule has 0 aromatic carbocycles. The van der Waals surface area contributed by atoms with Gasteiger partial charge in [-0.1, -0.05) is 0 Å². The van der Waals surface area contributed by atoms with Gasteiger partial charge in [0.25, 0.3) is 0 Å². The Labute approximate surface area is 148 Å². The predicted octanol–water partition coefficient (Wildman–Crippen LogP) is 2.00. The highest BCUT2D eigenvalue weighted by Gasteiger charge is 2.42. The summed E-state index contributed by atoms with van der Waals surface area (Å²) in [5.41, 5.74) is -1.46. The Morgan fingerprint density at radius 3 is 2.77 bits per heavy atom. The molecule has 3 heterocycles. The molecule has 1 aromatic rings. The SMILES string of the molecule is CC1(C(=O)N2CCC(Oc3ccc(C(F)(F)F)cn3)C2)CCC(=O)NC1. The smallest absolute Gasteiger partial charge is 0.417 e. The van der Waals surface area contributed by atoms with Gasteiger partial charge >= 0.3 is 6.18 Å². The molecule has 2 amide bonds. The molecular formula is C17H20F3N3O3. The molecule has 142 valence electrons. The summed E-state index contributed by atoms with van der Waals surface area (Å²) in [4.78, 5) is 29.4. The summed E-state index contributed by atoms with van der Waals surface area (Å²) >= 11 is 0. The lowest BCUT2D eigenvalue weighted by Gasteiger charge is -2.35. The average molecular weight is 371 g/mol. The first-order valence-electron chi connectivity index (χ1n) is 8.43. The van der Waals surface area contributed by atoms with E-state index in [-0.39, 0.29) is 23.8 Å². The van der Waals surface area contributed by atoms with Crippen LogP contribution in [0.5, 0.6) is 5.88 Å². The second-order valence-electron chi connectivity index (χ2n) is 7.00. The van der Waals surface area contributed by atoms with Crippen LogP contribution in [0.3, 0.4) is 0 Å². The van der Waals surface area contributed by atoms with Crippen molar-refractivity contribution in [3.8, 4) is 5.88 Å². The van der Waals surface area contributed by atoms with E-state index in [9.17, 15) is 22.8 Å². The number of carbonyl (C=O) groups is 2. The third-order valence-corrected chi connectivity index (χ3v) is 4.88. The van der Waals surface area contributed by atoms with Gasteiger partial charge in [-0.25, -0.2) is 4.98 Å². The van der Waals surface area contributed by atoms with Gasteiger partial charge in [0.05, 0.1) is 17.5 Å². The molecular weight excluding hydrogens is 351 g/mol. The van der Waals surface area contributed by atoms with Crippen LogP contribution < -0.4 is 10.1 Å². The van der Waals surface area contributed by atoms with Gasteiger partial charge in [-0.3, -0.25) is 9.59 Å².